The Morgan fingerprint density at radius 2 is 1.57 bits per heavy atom. The molecule has 2 aliphatic rings. The van der Waals surface area contributed by atoms with E-state index < -0.39 is 0 Å². The maximum atomic E-state index is 12.2. The van der Waals surface area contributed by atoms with E-state index in [0.29, 0.717) is 5.91 Å². The summed E-state index contributed by atoms with van der Waals surface area (Å²) in [6.45, 7) is 8.51. The van der Waals surface area contributed by atoms with Crippen molar-refractivity contribution in [3.8, 4) is 0 Å². The molecule has 0 saturated carbocycles. The molecule has 2 aliphatic heterocycles. The van der Waals surface area contributed by atoms with Gasteiger partial charge in [-0.05, 0) is 6.42 Å². The van der Waals surface area contributed by atoms with Gasteiger partial charge in [-0.25, -0.2) is 0 Å². The van der Waals surface area contributed by atoms with Gasteiger partial charge in [-0.3, -0.25) is 9.69 Å². The average molecular weight is 295 g/mol. The number of hydrogen-bond donors (Lipinski definition) is 1. The van der Waals surface area contributed by atoms with E-state index in [2.05, 4.69) is 22.0 Å². The second-order valence-corrected chi connectivity index (χ2v) is 6.60. The summed E-state index contributed by atoms with van der Waals surface area (Å²) in [5.41, 5.74) is 0. The van der Waals surface area contributed by atoms with Gasteiger partial charge in [0, 0.05) is 51.7 Å². The summed E-state index contributed by atoms with van der Waals surface area (Å²) in [4.78, 5) is 16.8. The lowest BCUT2D eigenvalue weighted by Crippen LogP contribution is -2.62. The van der Waals surface area contributed by atoms with Crippen LogP contribution in [0.4, 0.5) is 0 Å². The van der Waals surface area contributed by atoms with Gasteiger partial charge >= 0.3 is 0 Å². The molecule has 0 spiro atoms. The van der Waals surface area contributed by atoms with Crippen LogP contribution in [0.3, 0.4) is 0 Å². The minimum atomic E-state index is 0.384. The van der Waals surface area contributed by atoms with Gasteiger partial charge in [0.2, 0.25) is 5.91 Å². The molecule has 0 unspecified atom stereocenters. The van der Waals surface area contributed by atoms with Gasteiger partial charge in [0.05, 0.1) is 0 Å². The number of carbonyl (C=O) groups excluding carboxylic acids is 1. The van der Waals surface area contributed by atoms with E-state index >= 15 is 0 Å². The van der Waals surface area contributed by atoms with E-state index in [1.807, 2.05) is 0 Å². The van der Waals surface area contributed by atoms with E-state index in [1.54, 1.807) is 0 Å². The first-order valence-corrected chi connectivity index (χ1v) is 9.04. The molecule has 2 rings (SSSR count). The van der Waals surface area contributed by atoms with Gasteiger partial charge in [0.25, 0.3) is 0 Å². The SMILES string of the molecule is CCCCCCCCCC(=O)N1CCN(C2CNC2)CC1. The van der Waals surface area contributed by atoms with Crippen LogP contribution in [0, 0.1) is 0 Å². The third-order valence-electron chi connectivity index (χ3n) is 4.94. The Hall–Kier alpha value is -0.610. The first-order chi connectivity index (χ1) is 10.3. The third-order valence-corrected chi connectivity index (χ3v) is 4.94. The molecule has 122 valence electrons. The number of nitrogens with zero attached hydrogens (tertiary/aromatic N) is 2. The Balaban J connectivity index is 1.49. The van der Waals surface area contributed by atoms with Crippen LogP contribution in [0.2, 0.25) is 0 Å². The Kier molecular flexibility index (Phi) is 7.51. The molecule has 0 aliphatic carbocycles. The quantitative estimate of drug-likeness (QED) is 0.663. The fraction of sp³-hybridized carbons (Fsp3) is 0.941. The first kappa shape index (κ1) is 16.8. The van der Waals surface area contributed by atoms with Crippen molar-refractivity contribution in [3.63, 3.8) is 0 Å². The molecule has 0 radical (unpaired) electrons. The van der Waals surface area contributed by atoms with Crippen LogP contribution in [0.1, 0.15) is 58.3 Å². The minimum absolute atomic E-state index is 0.384. The Morgan fingerprint density at radius 1 is 0.952 bits per heavy atom. The van der Waals surface area contributed by atoms with E-state index in [0.717, 1.165) is 58.2 Å². The lowest BCUT2D eigenvalue weighted by Gasteiger charge is -2.43. The van der Waals surface area contributed by atoms with Gasteiger partial charge in [-0.2, -0.15) is 0 Å². The molecule has 4 nitrogen and oxygen atoms in total. The van der Waals surface area contributed by atoms with Crippen molar-refractivity contribution in [1.82, 2.24) is 15.1 Å². The van der Waals surface area contributed by atoms with Crippen molar-refractivity contribution in [2.24, 2.45) is 0 Å². The highest BCUT2D eigenvalue weighted by molar-refractivity contribution is 5.76. The van der Waals surface area contributed by atoms with Crippen molar-refractivity contribution < 1.29 is 4.79 Å². The molecule has 2 saturated heterocycles. The second kappa shape index (κ2) is 9.42. The number of nitrogens with one attached hydrogen (secondary N) is 1. The van der Waals surface area contributed by atoms with Crippen molar-refractivity contribution in [3.05, 3.63) is 0 Å². The molecule has 4 heteroatoms. The van der Waals surface area contributed by atoms with Gasteiger partial charge in [-0.15, -0.1) is 0 Å². The van der Waals surface area contributed by atoms with E-state index in [9.17, 15) is 4.79 Å². The number of unbranched alkanes of at least 4 members (excludes halogenated alkanes) is 6. The lowest BCUT2D eigenvalue weighted by atomic mass is 10.1. The Bertz CT molecular complexity index is 296. The molecule has 21 heavy (non-hydrogen) atoms. The highest BCUT2D eigenvalue weighted by Crippen LogP contribution is 2.13. The fourth-order valence-corrected chi connectivity index (χ4v) is 3.26. The summed E-state index contributed by atoms with van der Waals surface area (Å²) in [6.07, 6.45) is 9.75. The van der Waals surface area contributed by atoms with E-state index in [4.69, 9.17) is 0 Å². The van der Waals surface area contributed by atoms with Crippen molar-refractivity contribution >= 4 is 5.91 Å². The van der Waals surface area contributed by atoms with Crippen LogP contribution in [-0.2, 0) is 4.79 Å². The zero-order valence-corrected chi connectivity index (χ0v) is 13.8. The van der Waals surface area contributed by atoms with Crippen molar-refractivity contribution in [1.29, 1.82) is 0 Å². The monoisotopic (exact) mass is 295 g/mol. The zero-order chi connectivity index (χ0) is 14.9. The van der Waals surface area contributed by atoms with Crippen LogP contribution in [0.5, 0.6) is 0 Å². The average Bonchev–Trinajstić information content (AvgIpc) is 2.45. The van der Waals surface area contributed by atoms with E-state index in [1.165, 1.54) is 38.5 Å². The van der Waals surface area contributed by atoms with E-state index in [-0.39, 0.29) is 0 Å². The molecule has 1 amide bonds. The highest BCUT2D eigenvalue weighted by atomic mass is 16.2. The number of amides is 1. The molecule has 0 aromatic rings. The van der Waals surface area contributed by atoms with Crippen molar-refractivity contribution in [2.45, 2.75) is 64.3 Å². The molecule has 1 N–H and O–H groups in total. The number of rotatable bonds is 9. The molecule has 2 heterocycles. The molecule has 0 aromatic carbocycles. The van der Waals surface area contributed by atoms with Crippen LogP contribution >= 0.6 is 0 Å². The van der Waals surface area contributed by atoms with Crippen LogP contribution in [-0.4, -0.2) is 61.0 Å². The minimum Gasteiger partial charge on any atom is -0.340 e. The summed E-state index contributed by atoms with van der Waals surface area (Å²) in [6, 6.07) is 0.727. The van der Waals surface area contributed by atoms with Gasteiger partial charge in [0.1, 0.15) is 0 Å². The second-order valence-electron chi connectivity index (χ2n) is 6.60. The number of hydrogen-bond acceptors (Lipinski definition) is 3. The molecule has 0 bridgehead atoms. The largest absolute Gasteiger partial charge is 0.340 e. The Morgan fingerprint density at radius 3 is 2.14 bits per heavy atom. The predicted octanol–water partition coefficient (Wildman–Crippen LogP) is 2.24. The molecule has 2 fully saturated rings. The van der Waals surface area contributed by atoms with Crippen LogP contribution in [0.15, 0.2) is 0 Å². The van der Waals surface area contributed by atoms with Gasteiger partial charge in [-0.1, -0.05) is 45.4 Å². The summed E-state index contributed by atoms with van der Waals surface area (Å²) in [5.74, 6) is 0.384. The highest BCUT2D eigenvalue weighted by Gasteiger charge is 2.28. The molecular formula is C17H33N3O. The molecule has 0 aromatic heterocycles. The van der Waals surface area contributed by atoms with Crippen molar-refractivity contribution in [2.75, 3.05) is 39.3 Å². The maximum Gasteiger partial charge on any atom is 0.222 e. The normalized spacial score (nSPS) is 20.5. The topological polar surface area (TPSA) is 35.6 Å². The standard InChI is InChI=1S/C17H33N3O/c1-2-3-4-5-6-7-8-9-17(21)20-12-10-19(11-13-20)16-14-18-15-16/h16,18H,2-15H2,1H3. The molecular weight excluding hydrogens is 262 g/mol. The van der Waals surface area contributed by atoms with Gasteiger partial charge < -0.3 is 10.2 Å². The lowest BCUT2D eigenvalue weighted by molar-refractivity contribution is -0.133. The predicted molar refractivity (Wildman–Crippen MR) is 87.4 cm³/mol. The number of carbonyl (C=O) groups is 1. The van der Waals surface area contributed by atoms with Crippen LogP contribution in [0.25, 0.3) is 0 Å². The Labute approximate surface area is 130 Å². The smallest absolute Gasteiger partial charge is 0.222 e. The summed E-state index contributed by atoms with van der Waals surface area (Å²) >= 11 is 0. The fourth-order valence-electron chi connectivity index (χ4n) is 3.26. The number of piperazine rings is 1. The summed E-state index contributed by atoms with van der Waals surface area (Å²) in [7, 11) is 0. The zero-order valence-electron chi connectivity index (χ0n) is 13.8. The first-order valence-electron chi connectivity index (χ1n) is 9.04. The summed E-state index contributed by atoms with van der Waals surface area (Å²) < 4.78 is 0. The molecule has 0 atom stereocenters. The maximum absolute atomic E-state index is 12.2. The summed E-state index contributed by atoms with van der Waals surface area (Å²) in [5, 5.41) is 3.32. The van der Waals surface area contributed by atoms with Gasteiger partial charge in [0.15, 0.2) is 0 Å². The van der Waals surface area contributed by atoms with Crippen LogP contribution < -0.4 is 5.32 Å². The third kappa shape index (κ3) is 5.59.